The third-order valence-electron chi connectivity index (χ3n) is 3.40. The van der Waals surface area contributed by atoms with Crippen LogP contribution in [0.2, 0.25) is 5.28 Å². The molecule has 1 aromatic heterocycles. The molecule has 98 valence electrons. The number of rotatable bonds is 4. The van der Waals surface area contributed by atoms with Crippen LogP contribution in [0.4, 0.5) is 5.82 Å². The number of nitrogens with one attached hydrogen (secondary N) is 1. The van der Waals surface area contributed by atoms with Gasteiger partial charge in [0.2, 0.25) is 11.2 Å². The molecule has 1 N–H and O–H groups in total. The first kappa shape index (κ1) is 13.3. The predicted molar refractivity (Wildman–Crippen MR) is 71.5 cm³/mol. The maximum Gasteiger partial charge on any atom is 0.225 e. The highest BCUT2D eigenvalue weighted by atomic mass is 35.5. The summed E-state index contributed by atoms with van der Waals surface area (Å²) in [6.07, 6.45) is 9.59. The summed E-state index contributed by atoms with van der Waals surface area (Å²) < 4.78 is 0. The van der Waals surface area contributed by atoms with E-state index in [4.69, 9.17) is 11.6 Å². The van der Waals surface area contributed by atoms with Gasteiger partial charge in [-0.25, -0.2) is 9.97 Å². The number of carbonyl (C=O) groups is 1. The molecule has 0 spiro atoms. The molecule has 1 aromatic rings. The summed E-state index contributed by atoms with van der Waals surface area (Å²) >= 11 is 5.65. The van der Waals surface area contributed by atoms with E-state index in [-0.39, 0.29) is 11.2 Å². The Bertz CT molecular complexity index is 405. The summed E-state index contributed by atoms with van der Waals surface area (Å²) in [6.45, 7) is 0. The molecule has 2 rings (SSSR count). The van der Waals surface area contributed by atoms with Crippen LogP contribution in [-0.4, -0.2) is 15.9 Å². The summed E-state index contributed by atoms with van der Waals surface area (Å²) in [7, 11) is 0. The molecular formula is C13H18ClN3O. The van der Waals surface area contributed by atoms with Gasteiger partial charge in [0.25, 0.3) is 0 Å². The Morgan fingerprint density at radius 3 is 2.89 bits per heavy atom. The fraction of sp³-hybridized carbons (Fsp3) is 0.615. The highest BCUT2D eigenvalue weighted by Crippen LogP contribution is 2.27. The molecule has 0 bridgehead atoms. The van der Waals surface area contributed by atoms with Gasteiger partial charge in [0.15, 0.2) is 0 Å². The smallest absolute Gasteiger partial charge is 0.225 e. The van der Waals surface area contributed by atoms with Crippen molar-refractivity contribution >= 4 is 23.3 Å². The maximum atomic E-state index is 11.8. The minimum absolute atomic E-state index is 0.00957. The lowest BCUT2D eigenvalue weighted by molar-refractivity contribution is -0.116. The van der Waals surface area contributed by atoms with Crippen LogP contribution in [0.3, 0.4) is 0 Å². The zero-order valence-corrected chi connectivity index (χ0v) is 11.1. The molecule has 0 unspecified atom stereocenters. The number of aromatic nitrogens is 2. The van der Waals surface area contributed by atoms with Gasteiger partial charge in [-0.3, -0.25) is 4.79 Å². The lowest BCUT2D eigenvalue weighted by atomic mass is 9.86. The fourth-order valence-corrected chi connectivity index (χ4v) is 2.57. The Kier molecular flexibility index (Phi) is 4.93. The Morgan fingerprint density at radius 2 is 2.17 bits per heavy atom. The van der Waals surface area contributed by atoms with Crippen molar-refractivity contribution in [2.24, 2.45) is 5.92 Å². The molecule has 0 radical (unpaired) electrons. The van der Waals surface area contributed by atoms with Gasteiger partial charge < -0.3 is 5.32 Å². The molecule has 18 heavy (non-hydrogen) atoms. The molecule has 0 aromatic carbocycles. The molecule has 1 amide bonds. The average Bonchev–Trinajstić information content (AvgIpc) is 2.38. The molecule has 4 nitrogen and oxygen atoms in total. The lowest BCUT2D eigenvalue weighted by Gasteiger charge is -2.20. The van der Waals surface area contributed by atoms with Crippen molar-refractivity contribution in [1.82, 2.24) is 9.97 Å². The third-order valence-corrected chi connectivity index (χ3v) is 3.58. The Labute approximate surface area is 112 Å². The van der Waals surface area contributed by atoms with E-state index in [1.54, 1.807) is 6.07 Å². The molecule has 5 heteroatoms. The van der Waals surface area contributed by atoms with Crippen LogP contribution < -0.4 is 5.32 Å². The van der Waals surface area contributed by atoms with Gasteiger partial charge in [-0.1, -0.05) is 32.1 Å². The van der Waals surface area contributed by atoms with Gasteiger partial charge in [0.1, 0.15) is 5.82 Å². The summed E-state index contributed by atoms with van der Waals surface area (Å²) in [5.74, 6) is 1.21. The van der Waals surface area contributed by atoms with Gasteiger partial charge in [-0.15, -0.1) is 0 Å². The second kappa shape index (κ2) is 6.69. The maximum absolute atomic E-state index is 11.8. The first-order valence-electron chi connectivity index (χ1n) is 6.52. The Morgan fingerprint density at radius 1 is 1.39 bits per heavy atom. The van der Waals surface area contributed by atoms with Crippen molar-refractivity contribution in [1.29, 1.82) is 0 Å². The van der Waals surface area contributed by atoms with Gasteiger partial charge in [-0.05, 0) is 30.0 Å². The minimum Gasteiger partial charge on any atom is -0.311 e. The van der Waals surface area contributed by atoms with E-state index in [0.717, 1.165) is 12.3 Å². The third kappa shape index (κ3) is 4.26. The molecule has 1 fully saturated rings. The standard InChI is InChI=1S/C13H18ClN3O/c14-13-15-9-8-11(17-13)16-12(18)7-6-10-4-2-1-3-5-10/h8-10H,1-7H2,(H,15,16,17,18). The van der Waals surface area contributed by atoms with Gasteiger partial charge in [0, 0.05) is 12.6 Å². The zero-order valence-electron chi connectivity index (χ0n) is 10.4. The summed E-state index contributed by atoms with van der Waals surface area (Å²) in [4.78, 5) is 19.5. The zero-order chi connectivity index (χ0) is 12.8. The molecule has 0 saturated heterocycles. The van der Waals surface area contributed by atoms with Crippen molar-refractivity contribution in [2.45, 2.75) is 44.9 Å². The van der Waals surface area contributed by atoms with Crippen LogP contribution in [0.1, 0.15) is 44.9 Å². The summed E-state index contributed by atoms with van der Waals surface area (Å²) in [5, 5.41) is 2.90. The second-order valence-corrected chi connectivity index (χ2v) is 5.14. The SMILES string of the molecule is O=C(CCC1CCCCC1)Nc1ccnc(Cl)n1. The second-order valence-electron chi connectivity index (χ2n) is 4.80. The number of hydrogen-bond acceptors (Lipinski definition) is 3. The van der Waals surface area contributed by atoms with Gasteiger partial charge in [0.05, 0.1) is 0 Å². The Hall–Kier alpha value is -1.16. The van der Waals surface area contributed by atoms with Gasteiger partial charge in [-0.2, -0.15) is 0 Å². The van der Waals surface area contributed by atoms with E-state index in [1.807, 2.05) is 0 Å². The van der Waals surface area contributed by atoms with Crippen LogP contribution in [0.15, 0.2) is 12.3 Å². The van der Waals surface area contributed by atoms with E-state index >= 15 is 0 Å². The molecule has 1 aliphatic rings. The fourth-order valence-electron chi connectivity index (χ4n) is 2.42. The number of hydrogen-bond donors (Lipinski definition) is 1. The van der Waals surface area contributed by atoms with Crippen LogP contribution in [-0.2, 0) is 4.79 Å². The van der Waals surface area contributed by atoms with E-state index in [9.17, 15) is 4.79 Å². The first-order valence-corrected chi connectivity index (χ1v) is 6.90. The minimum atomic E-state index is 0.00957. The van der Waals surface area contributed by atoms with Crippen molar-refractivity contribution in [3.63, 3.8) is 0 Å². The highest BCUT2D eigenvalue weighted by molar-refractivity contribution is 6.28. The van der Waals surface area contributed by atoms with E-state index in [1.165, 1.54) is 38.3 Å². The van der Waals surface area contributed by atoms with Crippen molar-refractivity contribution in [3.8, 4) is 0 Å². The average molecular weight is 268 g/mol. The van der Waals surface area contributed by atoms with E-state index < -0.39 is 0 Å². The summed E-state index contributed by atoms with van der Waals surface area (Å²) in [6, 6.07) is 1.64. The van der Waals surface area contributed by atoms with Gasteiger partial charge >= 0.3 is 0 Å². The number of halogens is 1. The van der Waals surface area contributed by atoms with Crippen LogP contribution >= 0.6 is 11.6 Å². The number of anilines is 1. The first-order chi connectivity index (χ1) is 8.74. The normalized spacial score (nSPS) is 16.5. The van der Waals surface area contributed by atoms with Crippen molar-refractivity contribution in [3.05, 3.63) is 17.5 Å². The molecule has 1 aliphatic carbocycles. The predicted octanol–water partition coefficient (Wildman–Crippen LogP) is 3.43. The van der Waals surface area contributed by atoms with E-state index in [2.05, 4.69) is 15.3 Å². The van der Waals surface area contributed by atoms with Crippen LogP contribution in [0, 0.1) is 5.92 Å². The molecule has 1 heterocycles. The van der Waals surface area contributed by atoms with E-state index in [0.29, 0.717) is 12.2 Å². The quantitative estimate of drug-likeness (QED) is 0.851. The molecular weight excluding hydrogens is 250 g/mol. The molecule has 1 saturated carbocycles. The van der Waals surface area contributed by atoms with Crippen molar-refractivity contribution < 1.29 is 4.79 Å². The topological polar surface area (TPSA) is 54.9 Å². The monoisotopic (exact) mass is 267 g/mol. The number of amides is 1. The highest BCUT2D eigenvalue weighted by Gasteiger charge is 2.15. The van der Waals surface area contributed by atoms with Crippen LogP contribution in [0.5, 0.6) is 0 Å². The summed E-state index contributed by atoms with van der Waals surface area (Å²) in [5.41, 5.74) is 0. The number of carbonyl (C=O) groups excluding carboxylic acids is 1. The Balaban J connectivity index is 1.74. The molecule has 0 atom stereocenters. The van der Waals surface area contributed by atoms with Crippen molar-refractivity contribution in [2.75, 3.05) is 5.32 Å². The lowest BCUT2D eigenvalue weighted by Crippen LogP contribution is -2.15. The number of nitrogens with zero attached hydrogens (tertiary/aromatic N) is 2. The van der Waals surface area contributed by atoms with Crippen LogP contribution in [0.25, 0.3) is 0 Å². The molecule has 0 aliphatic heterocycles. The largest absolute Gasteiger partial charge is 0.311 e.